The molecule has 1 amide bonds. The number of carbonyl (C=O) groups is 1. The molecular formula is C25H37N3O2. The molecular weight excluding hydrogens is 374 g/mol. The summed E-state index contributed by atoms with van der Waals surface area (Å²) in [4.78, 5) is 19.0. The third-order valence-corrected chi connectivity index (χ3v) is 5.77. The molecule has 0 radical (unpaired) electrons. The molecule has 1 saturated heterocycles. The van der Waals surface area contributed by atoms with E-state index in [1.54, 1.807) is 0 Å². The van der Waals surface area contributed by atoms with Crippen molar-refractivity contribution >= 4 is 16.8 Å². The summed E-state index contributed by atoms with van der Waals surface area (Å²) in [5.74, 6) is 1.04. The molecule has 164 valence electrons. The van der Waals surface area contributed by atoms with Gasteiger partial charge in [-0.15, -0.1) is 0 Å². The number of benzene rings is 1. The van der Waals surface area contributed by atoms with Crippen molar-refractivity contribution in [3.05, 3.63) is 36.0 Å². The minimum absolute atomic E-state index is 0.114. The number of carbonyl (C=O) groups excluding carboxylic acids is 1. The lowest BCUT2D eigenvalue weighted by atomic mass is 9.96. The van der Waals surface area contributed by atoms with E-state index in [2.05, 4.69) is 40.3 Å². The number of pyridine rings is 1. The molecule has 5 nitrogen and oxygen atoms in total. The van der Waals surface area contributed by atoms with Gasteiger partial charge in [0.15, 0.2) is 0 Å². The zero-order valence-electron chi connectivity index (χ0n) is 19.0. The average Bonchev–Trinajstić information content (AvgIpc) is 2.72. The summed E-state index contributed by atoms with van der Waals surface area (Å²) in [5.41, 5.74) is 1.97. The molecule has 1 aliphatic rings. The third kappa shape index (κ3) is 6.18. The molecule has 3 rings (SSSR count). The van der Waals surface area contributed by atoms with E-state index in [0.717, 1.165) is 55.5 Å². The number of amides is 1. The number of hydrogen-bond donors (Lipinski definition) is 1. The van der Waals surface area contributed by atoms with Crippen LogP contribution >= 0.6 is 0 Å². The Bertz CT molecular complexity index is 836. The van der Waals surface area contributed by atoms with Gasteiger partial charge in [0.25, 0.3) is 0 Å². The van der Waals surface area contributed by atoms with Gasteiger partial charge in [-0.3, -0.25) is 9.78 Å². The predicted octanol–water partition coefficient (Wildman–Crippen LogP) is 4.58. The van der Waals surface area contributed by atoms with Crippen LogP contribution < -0.4 is 10.1 Å². The molecule has 0 aliphatic carbocycles. The van der Waals surface area contributed by atoms with Gasteiger partial charge < -0.3 is 15.0 Å². The van der Waals surface area contributed by atoms with Crippen LogP contribution in [0.3, 0.4) is 0 Å². The van der Waals surface area contributed by atoms with Crippen LogP contribution in [-0.4, -0.2) is 48.1 Å². The molecule has 2 aromatic rings. The molecule has 0 saturated carbocycles. The molecule has 0 bridgehead atoms. The molecule has 1 aromatic carbocycles. The summed E-state index contributed by atoms with van der Waals surface area (Å²) in [5, 5.41) is 4.20. The molecule has 0 atom stereocenters. The summed E-state index contributed by atoms with van der Waals surface area (Å²) in [6.07, 6.45) is 7.52. The number of aromatic nitrogens is 1. The lowest BCUT2D eigenvalue weighted by Gasteiger charge is -2.32. The first kappa shape index (κ1) is 22.5. The lowest BCUT2D eigenvalue weighted by Crippen LogP contribution is -2.44. The van der Waals surface area contributed by atoms with Gasteiger partial charge in [0.2, 0.25) is 5.91 Å². The molecule has 1 aliphatic heterocycles. The Balaban J connectivity index is 1.54. The van der Waals surface area contributed by atoms with Crippen LogP contribution in [0.15, 0.2) is 30.5 Å². The third-order valence-electron chi connectivity index (χ3n) is 5.77. The minimum atomic E-state index is -0.330. The first-order valence-electron chi connectivity index (χ1n) is 11.4. The van der Waals surface area contributed by atoms with Crippen LogP contribution in [0.5, 0.6) is 5.75 Å². The van der Waals surface area contributed by atoms with Gasteiger partial charge in [-0.2, -0.15) is 0 Å². The smallest absolute Gasteiger partial charge is 0.225 e. The van der Waals surface area contributed by atoms with E-state index in [9.17, 15) is 4.79 Å². The zero-order valence-corrected chi connectivity index (χ0v) is 19.0. The molecule has 1 N–H and O–H groups in total. The van der Waals surface area contributed by atoms with Crippen molar-refractivity contribution in [3.8, 4) is 5.75 Å². The van der Waals surface area contributed by atoms with Crippen molar-refractivity contribution in [2.75, 3.05) is 26.2 Å². The largest absolute Gasteiger partial charge is 0.488 e. The number of aryl methyl sites for hydroxylation is 1. The number of rotatable bonds is 8. The number of hydrogen-bond acceptors (Lipinski definition) is 4. The normalized spacial score (nSPS) is 16.0. The van der Waals surface area contributed by atoms with Crippen LogP contribution in [0.25, 0.3) is 10.9 Å². The highest BCUT2D eigenvalue weighted by Gasteiger charge is 2.23. The highest BCUT2D eigenvalue weighted by Crippen LogP contribution is 2.29. The number of nitrogens with zero attached hydrogens (tertiary/aromatic N) is 2. The van der Waals surface area contributed by atoms with Gasteiger partial charge in [0.1, 0.15) is 17.4 Å². The second-order valence-electron chi connectivity index (χ2n) is 9.44. The fourth-order valence-electron chi connectivity index (χ4n) is 3.86. The Kier molecular flexibility index (Phi) is 7.70. The summed E-state index contributed by atoms with van der Waals surface area (Å²) < 4.78 is 6.47. The van der Waals surface area contributed by atoms with Gasteiger partial charge in [-0.05, 0) is 49.4 Å². The molecule has 0 unspecified atom stereocenters. The van der Waals surface area contributed by atoms with E-state index in [0.29, 0.717) is 6.54 Å². The van der Waals surface area contributed by atoms with Crippen LogP contribution in [0.4, 0.5) is 0 Å². The molecule has 0 spiro atoms. The van der Waals surface area contributed by atoms with Crippen molar-refractivity contribution in [1.82, 2.24) is 15.2 Å². The summed E-state index contributed by atoms with van der Waals surface area (Å²) >= 11 is 0. The van der Waals surface area contributed by atoms with Crippen LogP contribution in [-0.2, 0) is 11.2 Å². The maximum absolute atomic E-state index is 12.0. The maximum Gasteiger partial charge on any atom is 0.225 e. The van der Waals surface area contributed by atoms with E-state index < -0.39 is 0 Å². The highest BCUT2D eigenvalue weighted by atomic mass is 16.5. The van der Waals surface area contributed by atoms with Crippen molar-refractivity contribution in [2.24, 2.45) is 5.41 Å². The van der Waals surface area contributed by atoms with E-state index in [-0.39, 0.29) is 17.4 Å². The Morgan fingerprint density at radius 3 is 2.73 bits per heavy atom. The number of likely N-dealkylation sites (tertiary alicyclic amines) is 1. The monoisotopic (exact) mass is 411 g/mol. The molecule has 1 aromatic heterocycles. The van der Waals surface area contributed by atoms with Gasteiger partial charge in [-0.1, -0.05) is 40.2 Å². The average molecular weight is 412 g/mol. The number of ether oxygens (including phenoxy) is 1. The Morgan fingerprint density at radius 1 is 1.27 bits per heavy atom. The highest BCUT2D eigenvalue weighted by molar-refractivity contribution is 5.85. The molecule has 30 heavy (non-hydrogen) atoms. The fourth-order valence-corrected chi connectivity index (χ4v) is 3.86. The van der Waals surface area contributed by atoms with E-state index in [4.69, 9.17) is 4.74 Å². The Labute approximate surface area is 181 Å². The molecule has 1 fully saturated rings. The standard InChI is InChI=1S/C25H37N3O2/c1-5-6-8-19-17-20-9-7-12-26-23(20)22(18-19)30-21-10-14-28(15-11-21)16-13-27-24(29)25(2,3)4/h7,9,12,17-18,21H,5-6,8,10-11,13-16H2,1-4H3,(H,27,29). The lowest BCUT2D eigenvalue weighted by molar-refractivity contribution is -0.128. The van der Waals surface area contributed by atoms with E-state index in [1.807, 2.05) is 33.0 Å². The van der Waals surface area contributed by atoms with Crippen molar-refractivity contribution in [1.29, 1.82) is 0 Å². The molecule has 2 heterocycles. The zero-order chi connectivity index (χ0) is 21.6. The van der Waals surface area contributed by atoms with Gasteiger partial charge in [-0.25, -0.2) is 0 Å². The van der Waals surface area contributed by atoms with Crippen LogP contribution in [0.1, 0.15) is 58.9 Å². The van der Waals surface area contributed by atoms with Crippen LogP contribution in [0.2, 0.25) is 0 Å². The van der Waals surface area contributed by atoms with Crippen LogP contribution in [0, 0.1) is 5.41 Å². The second-order valence-corrected chi connectivity index (χ2v) is 9.44. The Hall–Kier alpha value is -2.14. The summed E-state index contributed by atoms with van der Waals surface area (Å²) in [7, 11) is 0. The number of nitrogens with one attached hydrogen (secondary N) is 1. The van der Waals surface area contributed by atoms with Crippen molar-refractivity contribution < 1.29 is 9.53 Å². The van der Waals surface area contributed by atoms with Crippen molar-refractivity contribution in [2.45, 2.75) is 65.9 Å². The first-order chi connectivity index (χ1) is 14.4. The number of piperidine rings is 1. The van der Waals surface area contributed by atoms with E-state index >= 15 is 0 Å². The Morgan fingerprint density at radius 2 is 2.03 bits per heavy atom. The van der Waals surface area contributed by atoms with E-state index in [1.165, 1.54) is 18.4 Å². The number of unbranched alkanes of at least 4 members (excludes halogenated alkanes) is 1. The molecule has 5 heteroatoms. The quantitative estimate of drug-likeness (QED) is 0.691. The summed E-state index contributed by atoms with van der Waals surface area (Å²) in [6, 6.07) is 8.56. The van der Waals surface area contributed by atoms with Crippen molar-refractivity contribution in [3.63, 3.8) is 0 Å². The maximum atomic E-state index is 12.0. The predicted molar refractivity (Wildman–Crippen MR) is 123 cm³/mol. The second kappa shape index (κ2) is 10.3. The topological polar surface area (TPSA) is 54.5 Å². The van der Waals surface area contributed by atoms with Gasteiger partial charge in [0, 0.05) is 43.2 Å². The summed E-state index contributed by atoms with van der Waals surface area (Å²) in [6.45, 7) is 11.7. The fraction of sp³-hybridized carbons (Fsp3) is 0.600. The minimum Gasteiger partial charge on any atom is -0.488 e. The first-order valence-corrected chi connectivity index (χ1v) is 11.4. The van der Waals surface area contributed by atoms with Gasteiger partial charge in [0.05, 0.1) is 0 Å². The SMILES string of the molecule is CCCCc1cc(OC2CCN(CCNC(=O)C(C)(C)C)CC2)c2ncccc2c1. The number of fused-ring (bicyclic) bond motifs is 1. The van der Waals surface area contributed by atoms with Gasteiger partial charge >= 0.3 is 0 Å².